The molecule has 2 heteroatoms. The number of anilines is 2. The minimum absolute atomic E-state index is 0.810. The van der Waals surface area contributed by atoms with E-state index in [1.807, 2.05) is 13.1 Å². The van der Waals surface area contributed by atoms with Crippen molar-refractivity contribution in [1.29, 1.82) is 0 Å². The second-order valence-electron chi connectivity index (χ2n) is 2.53. The molecule has 0 aromatic heterocycles. The SMILES string of the molecule is CCc1ccc(N)c(NC)c1. The van der Waals surface area contributed by atoms with Crippen LogP contribution in [0.2, 0.25) is 0 Å². The number of hydrogen-bond donors (Lipinski definition) is 2. The maximum atomic E-state index is 5.69. The summed E-state index contributed by atoms with van der Waals surface area (Å²) in [5, 5.41) is 3.04. The van der Waals surface area contributed by atoms with E-state index in [2.05, 4.69) is 24.4 Å². The van der Waals surface area contributed by atoms with Gasteiger partial charge in [0.25, 0.3) is 0 Å². The van der Waals surface area contributed by atoms with Crippen LogP contribution in [0.5, 0.6) is 0 Å². The molecule has 0 spiro atoms. The molecule has 0 saturated carbocycles. The molecule has 0 aliphatic carbocycles. The van der Waals surface area contributed by atoms with Crippen LogP contribution in [0.4, 0.5) is 11.4 Å². The zero-order chi connectivity index (χ0) is 8.27. The Morgan fingerprint density at radius 1 is 1.45 bits per heavy atom. The van der Waals surface area contributed by atoms with Crippen LogP contribution in [0, 0.1) is 0 Å². The van der Waals surface area contributed by atoms with Crippen molar-refractivity contribution in [2.24, 2.45) is 0 Å². The van der Waals surface area contributed by atoms with Crippen molar-refractivity contribution in [3.05, 3.63) is 23.8 Å². The van der Waals surface area contributed by atoms with Crippen molar-refractivity contribution in [2.45, 2.75) is 13.3 Å². The van der Waals surface area contributed by atoms with Crippen LogP contribution in [0.1, 0.15) is 12.5 Å². The standard InChI is InChI=1S/C9H14N2/c1-3-7-4-5-8(10)9(6-7)11-2/h4-6,11H,3,10H2,1-2H3. The average Bonchev–Trinajstić information content (AvgIpc) is 2.05. The van der Waals surface area contributed by atoms with Gasteiger partial charge >= 0.3 is 0 Å². The van der Waals surface area contributed by atoms with Gasteiger partial charge < -0.3 is 11.1 Å². The molecule has 0 saturated heterocycles. The van der Waals surface area contributed by atoms with Gasteiger partial charge in [-0.3, -0.25) is 0 Å². The third kappa shape index (κ3) is 1.64. The van der Waals surface area contributed by atoms with Gasteiger partial charge in [0.2, 0.25) is 0 Å². The fourth-order valence-electron chi connectivity index (χ4n) is 1.04. The van der Waals surface area contributed by atoms with Gasteiger partial charge in [-0.2, -0.15) is 0 Å². The maximum Gasteiger partial charge on any atom is 0.0574 e. The lowest BCUT2D eigenvalue weighted by molar-refractivity contribution is 1.14. The molecule has 0 amide bonds. The first kappa shape index (κ1) is 7.92. The molecule has 60 valence electrons. The van der Waals surface area contributed by atoms with Gasteiger partial charge in [-0.1, -0.05) is 13.0 Å². The summed E-state index contributed by atoms with van der Waals surface area (Å²) < 4.78 is 0. The predicted octanol–water partition coefficient (Wildman–Crippen LogP) is 1.87. The summed E-state index contributed by atoms with van der Waals surface area (Å²) in [4.78, 5) is 0. The lowest BCUT2D eigenvalue weighted by atomic mass is 10.1. The zero-order valence-corrected chi connectivity index (χ0v) is 7.02. The monoisotopic (exact) mass is 150 g/mol. The smallest absolute Gasteiger partial charge is 0.0574 e. The van der Waals surface area contributed by atoms with E-state index in [0.29, 0.717) is 0 Å². The normalized spacial score (nSPS) is 9.64. The molecule has 1 aromatic rings. The van der Waals surface area contributed by atoms with Crippen molar-refractivity contribution in [3.8, 4) is 0 Å². The van der Waals surface area contributed by atoms with Crippen molar-refractivity contribution in [2.75, 3.05) is 18.1 Å². The highest BCUT2D eigenvalue weighted by Crippen LogP contribution is 2.19. The van der Waals surface area contributed by atoms with Crippen LogP contribution >= 0.6 is 0 Å². The third-order valence-electron chi connectivity index (χ3n) is 1.80. The summed E-state index contributed by atoms with van der Waals surface area (Å²) in [5.74, 6) is 0. The van der Waals surface area contributed by atoms with Gasteiger partial charge in [0.15, 0.2) is 0 Å². The van der Waals surface area contributed by atoms with Gasteiger partial charge in [0.1, 0.15) is 0 Å². The van der Waals surface area contributed by atoms with Crippen molar-refractivity contribution in [1.82, 2.24) is 0 Å². The number of rotatable bonds is 2. The summed E-state index contributed by atoms with van der Waals surface area (Å²) in [7, 11) is 1.88. The van der Waals surface area contributed by atoms with Crippen LogP contribution in [-0.2, 0) is 6.42 Å². The minimum atomic E-state index is 0.810. The lowest BCUT2D eigenvalue weighted by Gasteiger charge is -2.05. The summed E-state index contributed by atoms with van der Waals surface area (Å²) >= 11 is 0. The summed E-state index contributed by atoms with van der Waals surface area (Å²) in [6, 6.07) is 6.07. The Kier molecular flexibility index (Phi) is 2.36. The molecule has 0 heterocycles. The Morgan fingerprint density at radius 2 is 2.18 bits per heavy atom. The van der Waals surface area contributed by atoms with E-state index in [-0.39, 0.29) is 0 Å². The Labute approximate surface area is 67.4 Å². The second-order valence-corrected chi connectivity index (χ2v) is 2.53. The highest BCUT2D eigenvalue weighted by atomic mass is 14.8. The number of hydrogen-bond acceptors (Lipinski definition) is 2. The first-order valence-electron chi connectivity index (χ1n) is 3.84. The van der Waals surface area contributed by atoms with E-state index in [1.54, 1.807) is 0 Å². The first-order chi connectivity index (χ1) is 5.27. The third-order valence-corrected chi connectivity index (χ3v) is 1.80. The highest BCUT2D eigenvalue weighted by Gasteiger charge is 1.96. The number of nitrogens with two attached hydrogens (primary N) is 1. The molecule has 2 nitrogen and oxygen atoms in total. The quantitative estimate of drug-likeness (QED) is 0.632. The molecule has 0 aliphatic heterocycles. The highest BCUT2D eigenvalue weighted by molar-refractivity contribution is 5.66. The van der Waals surface area contributed by atoms with E-state index in [1.165, 1.54) is 5.56 Å². The molecule has 3 N–H and O–H groups in total. The number of nitrogens with one attached hydrogen (secondary N) is 1. The van der Waals surface area contributed by atoms with E-state index >= 15 is 0 Å². The average molecular weight is 150 g/mol. The van der Waals surface area contributed by atoms with Gasteiger partial charge in [0, 0.05) is 7.05 Å². The fraction of sp³-hybridized carbons (Fsp3) is 0.333. The van der Waals surface area contributed by atoms with Gasteiger partial charge in [-0.05, 0) is 24.1 Å². The van der Waals surface area contributed by atoms with E-state index in [4.69, 9.17) is 5.73 Å². The van der Waals surface area contributed by atoms with Crippen LogP contribution in [0.25, 0.3) is 0 Å². The predicted molar refractivity (Wildman–Crippen MR) is 49.8 cm³/mol. The molecule has 0 aliphatic rings. The molecule has 0 radical (unpaired) electrons. The van der Waals surface area contributed by atoms with E-state index in [0.717, 1.165) is 17.8 Å². The van der Waals surface area contributed by atoms with E-state index in [9.17, 15) is 0 Å². The summed E-state index contributed by atoms with van der Waals surface area (Å²) in [5.41, 5.74) is 8.83. The van der Waals surface area contributed by atoms with Crippen molar-refractivity contribution >= 4 is 11.4 Å². The minimum Gasteiger partial charge on any atom is -0.397 e. The van der Waals surface area contributed by atoms with Gasteiger partial charge in [0.05, 0.1) is 11.4 Å². The zero-order valence-electron chi connectivity index (χ0n) is 7.02. The number of nitrogen functional groups attached to an aromatic ring is 1. The first-order valence-corrected chi connectivity index (χ1v) is 3.84. The van der Waals surface area contributed by atoms with Gasteiger partial charge in [-0.25, -0.2) is 0 Å². The van der Waals surface area contributed by atoms with Gasteiger partial charge in [-0.15, -0.1) is 0 Å². The number of benzene rings is 1. The Hall–Kier alpha value is -1.18. The summed E-state index contributed by atoms with van der Waals surface area (Å²) in [6.45, 7) is 2.13. The second kappa shape index (κ2) is 3.28. The Balaban J connectivity index is 3.02. The Bertz CT molecular complexity index is 243. The topological polar surface area (TPSA) is 38.0 Å². The molecule has 0 unspecified atom stereocenters. The molecular weight excluding hydrogens is 136 g/mol. The van der Waals surface area contributed by atoms with Crippen molar-refractivity contribution < 1.29 is 0 Å². The molecule has 1 rings (SSSR count). The molecule has 0 bridgehead atoms. The van der Waals surface area contributed by atoms with Crippen LogP contribution < -0.4 is 11.1 Å². The van der Waals surface area contributed by atoms with Crippen molar-refractivity contribution in [3.63, 3.8) is 0 Å². The fourth-order valence-corrected chi connectivity index (χ4v) is 1.04. The summed E-state index contributed by atoms with van der Waals surface area (Å²) in [6.07, 6.45) is 1.05. The molecular formula is C9H14N2. The van der Waals surface area contributed by atoms with Crippen LogP contribution in [0.3, 0.4) is 0 Å². The lowest BCUT2D eigenvalue weighted by Crippen LogP contribution is -1.96. The van der Waals surface area contributed by atoms with E-state index < -0.39 is 0 Å². The number of aryl methyl sites for hydroxylation is 1. The molecule has 11 heavy (non-hydrogen) atoms. The van der Waals surface area contributed by atoms with Crippen LogP contribution in [-0.4, -0.2) is 7.05 Å². The molecule has 0 atom stereocenters. The Morgan fingerprint density at radius 3 is 2.73 bits per heavy atom. The molecule has 0 fully saturated rings. The molecule has 1 aromatic carbocycles. The largest absolute Gasteiger partial charge is 0.397 e. The maximum absolute atomic E-state index is 5.69. The van der Waals surface area contributed by atoms with Crippen LogP contribution in [0.15, 0.2) is 18.2 Å².